The molecule has 0 aliphatic heterocycles. The fraction of sp³-hybridized carbons (Fsp3) is 0.234. The summed E-state index contributed by atoms with van der Waals surface area (Å²) in [5.41, 5.74) is 14.7. The van der Waals surface area contributed by atoms with Gasteiger partial charge in [0.05, 0.1) is 0 Å². The fourth-order valence-corrected chi connectivity index (χ4v) is 30.4. The molecule has 51 heavy (non-hydrogen) atoms. The zero-order chi connectivity index (χ0) is 34.1. The van der Waals surface area contributed by atoms with Crippen molar-refractivity contribution >= 4 is 65.9 Å². The van der Waals surface area contributed by atoms with Crippen LogP contribution in [0.15, 0.2) is 132 Å². The first kappa shape index (κ1) is 39.2. The summed E-state index contributed by atoms with van der Waals surface area (Å²) < 4.78 is 3.97. The van der Waals surface area contributed by atoms with E-state index in [4.69, 9.17) is 0 Å². The van der Waals surface area contributed by atoms with Gasteiger partial charge in [-0.15, -0.1) is 24.8 Å². The minimum Gasteiger partial charge on any atom is -0.147 e. The van der Waals surface area contributed by atoms with Gasteiger partial charge < -0.3 is 0 Å². The van der Waals surface area contributed by atoms with E-state index in [-0.39, 0.29) is 24.8 Å². The first-order valence-corrected chi connectivity index (χ1v) is 32.1. The third-order valence-electron chi connectivity index (χ3n) is 11.2. The Morgan fingerprint density at radius 2 is 0.843 bits per heavy atom. The molecule has 262 valence electrons. The van der Waals surface area contributed by atoms with Crippen molar-refractivity contribution in [3.05, 3.63) is 155 Å². The molecule has 2 aliphatic rings. The van der Waals surface area contributed by atoms with Crippen LogP contribution in [0.25, 0.3) is 56.0 Å². The second kappa shape index (κ2) is 16.8. The summed E-state index contributed by atoms with van der Waals surface area (Å²) >= 11 is -2.81. The molecule has 0 saturated heterocycles. The molecule has 6 aromatic rings. The molecule has 0 amide bonds. The first-order valence-electron chi connectivity index (χ1n) is 18.4. The van der Waals surface area contributed by atoms with Crippen molar-refractivity contribution < 1.29 is 19.4 Å². The Morgan fingerprint density at radius 1 is 0.490 bits per heavy atom. The Kier molecular flexibility index (Phi) is 12.9. The summed E-state index contributed by atoms with van der Waals surface area (Å²) in [7, 11) is 1.28. The number of rotatable bonds is 7. The molecule has 0 bridgehead atoms. The fourth-order valence-electron chi connectivity index (χ4n) is 9.14. The number of hydrogen-bond donors (Lipinski definition) is 0. The van der Waals surface area contributed by atoms with Crippen LogP contribution in [0.1, 0.15) is 82.9 Å². The van der Waals surface area contributed by atoms with Gasteiger partial charge >= 0.3 is 263 Å². The number of unbranched alkanes of at least 4 members (excludes halogenated alkanes) is 3. The van der Waals surface area contributed by atoms with Crippen LogP contribution < -0.4 is 0 Å². The molecule has 2 atom stereocenters. The third kappa shape index (κ3) is 7.32. The van der Waals surface area contributed by atoms with Gasteiger partial charge in [0.25, 0.3) is 0 Å². The maximum absolute atomic E-state index is 2.81. The van der Waals surface area contributed by atoms with Crippen LogP contribution in [-0.2, 0) is 19.4 Å². The van der Waals surface area contributed by atoms with E-state index in [0.29, 0.717) is 7.25 Å². The Hall–Kier alpha value is -3.00. The van der Waals surface area contributed by atoms with Gasteiger partial charge in [0.2, 0.25) is 0 Å². The molecular formula is C47H52Cl2SiZr. The molecule has 8 rings (SSSR count). The van der Waals surface area contributed by atoms with Crippen LogP contribution in [0.4, 0.5) is 0 Å². The zero-order valence-corrected chi connectivity index (χ0v) is 37.1. The van der Waals surface area contributed by atoms with Crippen molar-refractivity contribution in [2.75, 3.05) is 0 Å². The molecule has 0 nitrogen and oxygen atoms in total. The molecule has 0 spiro atoms. The standard InChI is InChI=1S/2C20H15.C6H14.CH3.2ClH.H3Si.Zr/c2*1-14-12-16-8-5-11-19(20(16)13-14)18-10-4-7-15-6-2-3-9-17(15)18;1-3-5-6-4-2;;;;;/h2*2-13H,1H3;3-6H2,1-2H3;1H3;2*1H;1H3;. The normalized spacial score (nSPS) is 16.9. The molecule has 2 aliphatic carbocycles. The first-order chi connectivity index (χ1) is 23.8. The van der Waals surface area contributed by atoms with E-state index >= 15 is 0 Å². The topological polar surface area (TPSA) is 0 Å². The summed E-state index contributed by atoms with van der Waals surface area (Å²) in [6.07, 6.45) is 10.6. The molecule has 0 radical (unpaired) electrons. The Bertz CT molecular complexity index is 2060. The molecule has 6 aromatic carbocycles. The van der Waals surface area contributed by atoms with Gasteiger partial charge in [-0.25, -0.2) is 0 Å². The summed E-state index contributed by atoms with van der Waals surface area (Å²) in [6, 6.07) is 45.4. The largest absolute Gasteiger partial charge is 0.147 e. The van der Waals surface area contributed by atoms with Gasteiger partial charge in [0.15, 0.2) is 0 Å². The van der Waals surface area contributed by atoms with Crippen LogP contribution in [0.5, 0.6) is 0 Å². The smallest absolute Gasteiger partial charge is 0.0536 e. The van der Waals surface area contributed by atoms with Gasteiger partial charge in [-0.05, 0) is 0 Å². The Labute approximate surface area is 325 Å². The van der Waals surface area contributed by atoms with Crippen LogP contribution in [0.3, 0.4) is 0 Å². The van der Waals surface area contributed by atoms with E-state index in [2.05, 4.69) is 166 Å². The van der Waals surface area contributed by atoms with Gasteiger partial charge in [-0.3, -0.25) is 0 Å². The van der Waals surface area contributed by atoms with E-state index in [1.807, 2.05) is 0 Å². The van der Waals surface area contributed by atoms with Gasteiger partial charge in [0, 0.05) is 0 Å². The SMILES string of the molecule is CC1=Cc2c(-c3cccc4ccccc34)cccc2[CH]1[Zr]([CH3])([SiH3])[CH]1C(C)=Cc2c(-c3cccc4ccccc34)cccc21.CCCCCC.Cl.Cl. The van der Waals surface area contributed by atoms with Crippen molar-refractivity contribution in [2.24, 2.45) is 0 Å². The average Bonchev–Trinajstić information content (AvgIpc) is 3.66. The minimum atomic E-state index is -2.81. The Balaban J connectivity index is 0.000000583. The summed E-state index contributed by atoms with van der Waals surface area (Å²) in [5, 5.41) is 5.30. The van der Waals surface area contributed by atoms with Crippen molar-refractivity contribution in [2.45, 2.75) is 65.3 Å². The summed E-state index contributed by atoms with van der Waals surface area (Å²) in [4.78, 5) is 0. The van der Waals surface area contributed by atoms with Crippen LogP contribution >= 0.6 is 24.8 Å². The number of allylic oxidation sites excluding steroid dienone is 2. The monoisotopic (exact) mass is 804 g/mol. The molecule has 0 aromatic heterocycles. The minimum absolute atomic E-state index is 0. The molecule has 4 heteroatoms. The van der Waals surface area contributed by atoms with Crippen molar-refractivity contribution in [1.82, 2.24) is 0 Å². The zero-order valence-electron chi connectivity index (χ0n) is 31.0. The molecule has 0 saturated carbocycles. The van der Waals surface area contributed by atoms with Gasteiger partial charge in [0.1, 0.15) is 0 Å². The van der Waals surface area contributed by atoms with E-state index < -0.39 is 19.4 Å². The van der Waals surface area contributed by atoms with Crippen LogP contribution in [0.2, 0.25) is 4.63 Å². The van der Waals surface area contributed by atoms with Crippen molar-refractivity contribution in [1.29, 1.82) is 0 Å². The predicted molar refractivity (Wildman–Crippen MR) is 232 cm³/mol. The maximum atomic E-state index is 2.77. The van der Waals surface area contributed by atoms with E-state index in [0.717, 1.165) is 0 Å². The van der Waals surface area contributed by atoms with Gasteiger partial charge in [-0.2, -0.15) is 0 Å². The summed E-state index contributed by atoms with van der Waals surface area (Å²) in [6.45, 7) is 9.31. The van der Waals surface area contributed by atoms with E-state index in [9.17, 15) is 0 Å². The molecule has 0 N–H and O–H groups in total. The number of hydrogen-bond acceptors (Lipinski definition) is 0. The second-order valence-corrected chi connectivity index (χ2v) is 39.4. The van der Waals surface area contributed by atoms with E-state index in [1.165, 1.54) is 88.0 Å². The number of halogens is 2. The molecule has 0 heterocycles. The molecular weight excluding hydrogens is 755 g/mol. The van der Waals surface area contributed by atoms with Crippen LogP contribution in [-0.4, -0.2) is 7.37 Å². The van der Waals surface area contributed by atoms with E-state index in [1.54, 1.807) is 22.3 Å². The number of fused-ring (bicyclic) bond motifs is 4. The van der Waals surface area contributed by atoms with Crippen molar-refractivity contribution in [3.8, 4) is 22.3 Å². The third-order valence-corrected chi connectivity index (χ3v) is 29.1. The maximum Gasteiger partial charge on any atom is -0.0536 e. The predicted octanol–water partition coefficient (Wildman–Crippen LogP) is 13.9. The second-order valence-electron chi connectivity index (χ2n) is 14.8. The molecule has 0 fully saturated rings. The molecule has 2 unspecified atom stereocenters. The van der Waals surface area contributed by atoms with Crippen molar-refractivity contribution in [3.63, 3.8) is 0 Å². The quantitative estimate of drug-likeness (QED) is 0.111. The van der Waals surface area contributed by atoms with Gasteiger partial charge in [-0.1, -0.05) is 39.5 Å². The average molecular weight is 807 g/mol. The Morgan fingerprint density at radius 3 is 1.25 bits per heavy atom. The van der Waals surface area contributed by atoms with Crippen LogP contribution in [0, 0.1) is 0 Å². The number of benzene rings is 6. The summed E-state index contributed by atoms with van der Waals surface area (Å²) in [5.74, 6) is 0.